The first-order valence-corrected chi connectivity index (χ1v) is 8.79. The highest BCUT2D eigenvalue weighted by Gasteiger charge is 2.35. The van der Waals surface area contributed by atoms with Crippen molar-refractivity contribution in [3.8, 4) is 0 Å². The fraction of sp³-hybridized carbons (Fsp3) is 0.529. The van der Waals surface area contributed by atoms with Crippen molar-refractivity contribution < 1.29 is 18.0 Å². The number of carbonyl (C=O) groups is 1. The summed E-state index contributed by atoms with van der Waals surface area (Å²) >= 11 is 0. The molecule has 2 aromatic rings. The van der Waals surface area contributed by atoms with Crippen LogP contribution in [0.1, 0.15) is 25.1 Å². The van der Waals surface area contributed by atoms with Gasteiger partial charge in [0.2, 0.25) is 11.9 Å². The van der Waals surface area contributed by atoms with E-state index in [2.05, 4.69) is 25.7 Å². The van der Waals surface area contributed by atoms with E-state index in [9.17, 15) is 18.0 Å². The largest absolute Gasteiger partial charge is 0.408 e. The average molecular weight is 397 g/mol. The second-order valence-corrected chi connectivity index (χ2v) is 7.14. The summed E-state index contributed by atoms with van der Waals surface area (Å²) in [5.41, 5.74) is 1.74. The molecule has 0 spiro atoms. The minimum Gasteiger partial charge on any atom is -0.350 e. The Morgan fingerprint density at radius 3 is 2.68 bits per heavy atom. The highest BCUT2D eigenvalue weighted by Crippen LogP contribution is 2.34. The molecule has 1 amide bonds. The lowest BCUT2D eigenvalue weighted by molar-refractivity contribution is -0.142. The van der Waals surface area contributed by atoms with E-state index in [-0.39, 0.29) is 24.4 Å². The van der Waals surface area contributed by atoms with Crippen LogP contribution in [0.5, 0.6) is 0 Å². The Labute approximate surface area is 160 Å². The van der Waals surface area contributed by atoms with Gasteiger partial charge >= 0.3 is 6.18 Å². The third-order valence-electron chi connectivity index (χ3n) is 4.45. The molecule has 2 aromatic heterocycles. The van der Waals surface area contributed by atoms with Crippen molar-refractivity contribution >= 4 is 23.4 Å². The summed E-state index contributed by atoms with van der Waals surface area (Å²) in [5.74, 6) is 0.908. The van der Waals surface area contributed by atoms with Gasteiger partial charge in [0.05, 0.1) is 11.9 Å². The lowest BCUT2D eigenvalue weighted by Crippen LogP contribution is -2.49. The van der Waals surface area contributed by atoms with Crippen LogP contribution in [0.25, 0.3) is 0 Å². The van der Waals surface area contributed by atoms with Crippen molar-refractivity contribution in [2.75, 3.05) is 22.6 Å². The highest BCUT2D eigenvalue weighted by molar-refractivity contribution is 6.03. The molecule has 0 aliphatic carbocycles. The average Bonchev–Trinajstić information content (AvgIpc) is 2.99. The van der Waals surface area contributed by atoms with Crippen molar-refractivity contribution in [1.82, 2.24) is 19.7 Å². The Morgan fingerprint density at radius 2 is 2.04 bits per heavy atom. The van der Waals surface area contributed by atoms with Crippen LogP contribution in [0.4, 0.5) is 30.6 Å². The molecule has 2 N–H and O–H groups in total. The number of aromatic nitrogens is 4. The predicted molar refractivity (Wildman–Crippen MR) is 98.0 cm³/mol. The number of nitrogens with zero attached hydrogens (tertiary/aromatic N) is 5. The van der Waals surface area contributed by atoms with Gasteiger partial charge in [-0.15, -0.1) is 0 Å². The van der Waals surface area contributed by atoms with E-state index < -0.39 is 12.7 Å². The third-order valence-corrected chi connectivity index (χ3v) is 4.45. The molecule has 0 radical (unpaired) electrons. The molecule has 1 aliphatic rings. The van der Waals surface area contributed by atoms with E-state index in [4.69, 9.17) is 0 Å². The molecule has 3 heterocycles. The molecule has 0 fully saturated rings. The number of halogens is 3. The summed E-state index contributed by atoms with van der Waals surface area (Å²) in [6.07, 6.45) is -1.63. The summed E-state index contributed by atoms with van der Waals surface area (Å²) in [6, 6.07) is -0.352. The molecule has 3 rings (SSSR count). The second kappa shape index (κ2) is 7.28. The second-order valence-electron chi connectivity index (χ2n) is 7.14. The maximum Gasteiger partial charge on any atom is 0.408 e. The quantitative estimate of drug-likeness (QED) is 0.806. The molecule has 8 nitrogen and oxygen atoms in total. The molecule has 28 heavy (non-hydrogen) atoms. The molecule has 1 unspecified atom stereocenters. The minimum atomic E-state index is -4.32. The van der Waals surface area contributed by atoms with E-state index in [1.807, 2.05) is 18.7 Å². The van der Waals surface area contributed by atoms with Gasteiger partial charge in [-0.25, -0.2) is 4.98 Å². The predicted octanol–water partition coefficient (Wildman–Crippen LogP) is 2.57. The monoisotopic (exact) mass is 397 g/mol. The first-order chi connectivity index (χ1) is 13.0. The van der Waals surface area contributed by atoms with Crippen molar-refractivity contribution in [2.45, 2.75) is 46.1 Å². The number of fused-ring (bicyclic) bond motifs is 1. The standard InChI is InChI=1S/C17H22F3N7O/c1-9(2)13-15(28)24-12-10(3)23-16(25-14(12)26(13)4)21-5-11-6-22-27(7-11)8-17(18,19)20/h6-7,9,13H,5,8H2,1-4H3,(H,24,28)(H,21,23,25). The van der Waals surface area contributed by atoms with Crippen molar-refractivity contribution in [3.63, 3.8) is 0 Å². The Bertz CT molecular complexity index is 878. The number of hydrogen-bond donors (Lipinski definition) is 2. The number of alkyl halides is 3. The number of likely N-dealkylation sites (N-methyl/N-ethyl adjacent to an activating group) is 1. The normalized spacial score (nSPS) is 16.9. The van der Waals surface area contributed by atoms with Crippen LogP contribution >= 0.6 is 0 Å². The molecule has 11 heteroatoms. The number of amides is 1. The minimum absolute atomic E-state index is 0.0873. The highest BCUT2D eigenvalue weighted by atomic mass is 19.4. The van der Waals surface area contributed by atoms with Gasteiger partial charge in [0.15, 0.2) is 5.82 Å². The topological polar surface area (TPSA) is 88.0 Å². The van der Waals surface area contributed by atoms with Gasteiger partial charge in [-0.3, -0.25) is 9.48 Å². The Balaban J connectivity index is 1.76. The zero-order valence-electron chi connectivity index (χ0n) is 16.0. The fourth-order valence-electron chi connectivity index (χ4n) is 3.24. The first kappa shape index (κ1) is 19.9. The van der Waals surface area contributed by atoms with Crippen molar-refractivity contribution in [3.05, 3.63) is 23.7 Å². The molecule has 0 saturated heterocycles. The van der Waals surface area contributed by atoms with Crippen LogP contribution in [0.15, 0.2) is 12.4 Å². The Morgan fingerprint density at radius 1 is 1.32 bits per heavy atom. The van der Waals surface area contributed by atoms with Gasteiger partial charge < -0.3 is 15.5 Å². The number of carbonyl (C=O) groups excluding carboxylic acids is 1. The summed E-state index contributed by atoms with van der Waals surface area (Å²) < 4.78 is 38.1. The summed E-state index contributed by atoms with van der Waals surface area (Å²) in [7, 11) is 1.81. The van der Waals surface area contributed by atoms with Crippen molar-refractivity contribution in [2.24, 2.45) is 5.92 Å². The molecule has 152 valence electrons. The van der Waals surface area contributed by atoms with Crippen LogP contribution < -0.4 is 15.5 Å². The number of anilines is 3. The van der Waals surface area contributed by atoms with Crippen LogP contribution in [0, 0.1) is 12.8 Å². The van der Waals surface area contributed by atoms with Gasteiger partial charge in [0.25, 0.3) is 0 Å². The number of hydrogen-bond acceptors (Lipinski definition) is 6. The molecular formula is C17H22F3N7O. The van der Waals surface area contributed by atoms with Crippen LogP contribution in [0.3, 0.4) is 0 Å². The molecule has 0 saturated carbocycles. The Kier molecular flexibility index (Phi) is 5.18. The molecule has 1 aliphatic heterocycles. The SMILES string of the molecule is Cc1nc(NCc2cnn(CC(F)(F)F)c2)nc2c1NC(=O)C(C(C)C)N2C. The third kappa shape index (κ3) is 4.18. The zero-order chi connectivity index (χ0) is 20.6. The first-order valence-electron chi connectivity index (χ1n) is 8.79. The van der Waals surface area contributed by atoms with Crippen LogP contribution in [-0.4, -0.2) is 44.9 Å². The van der Waals surface area contributed by atoms with Crippen LogP contribution in [-0.2, 0) is 17.9 Å². The van der Waals surface area contributed by atoms with Gasteiger partial charge in [-0.1, -0.05) is 13.8 Å². The molecule has 1 atom stereocenters. The van der Waals surface area contributed by atoms with E-state index in [0.717, 1.165) is 4.68 Å². The molecule has 0 bridgehead atoms. The van der Waals surface area contributed by atoms with Gasteiger partial charge in [0.1, 0.15) is 18.3 Å². The number of nitrogens with one attached hydrogen (secondary N) is 2. The maximum absolute atomic E-state index is 12.4. The number of rotatable bonds is 5. The lowest BCUT2D eigenvalue weighted by Gasteiger charge is -2.36. The molecule has 0 aromatic carbocycles. The van der Waals surface area contributed by atoms with Gasteiger partial charge in [0, 0.05) is 25.4 Å². The lowest BCUT2D eigenvalue weighted by atomic mass is 9.99. The van der Waals surface area contributed by atoms with E-state index >= 15 is 0 Å². The number of aryl methyl sites for hydroxylation is 1. The summed E-state index contributed by atoms with van der Waals surface area (Å²) in [5, 5.41) is 9.58. The van der Waals surface area contributed by atoms with Crippen molar-refractivity contribution in [1.29, 1.82) is 0 Å². The summed E-state index contributed by atoms with van der Waals surface area (Å²) in [6.45, 7) is 4.76. The maximum atomic E-state index is 12.4. The smallest absolute Gasteiger partial charge is 0.350 e. The fourth-order valence-corrected chi connectivity index (χ4v) is 3.24. The Hall–Kier alpha value is -2.85. The zero-order valence-corrected chi connectivity index (χ0v) is 16.0. The molecular weight excluding hydrogens is 375 g/mol. The van der Waals surface area contributed by atoms with E-state index in [1.54, 1.807) is 14.0 Å². The van der Waals surface area contributed by atoms with E-state index in [0.29, 0.717) is 28.7 Å². The van der Waals surface area contributed by atoms with Gasteiger partial charge in [-0.2, -0.15) is 23.3 Å². The van der Waals surface area contributed by atoms with E-state index in [1.165, 1.54) is 12.4 Å². The van der Waals surface area contributed by atoms with Gasteiger partial charge in [-0.05, 0) is 12.8 Å². The van der Waals surface area contributed by atoms with Crippen LogP contribution in [0.2, 0.25) is 0 Å². The summed E-state index contributed by atoms with van der Waals surface area (Å²) in [4.78, 5) is 23.0.